The van der Waals surface area contributed by atoms with E-state index in [0.717, 1.165) is 4.47 Å². The Bertz CT molecular complexity index is 551. The summed E-state index contributed by atoms with van der Waals surface area (Å²) in [6.45, 7) is 0.835. The second-order valence-electron chi connectivity index (χ2n) is 4.17. The van der Waals surface area contributed by atoms with E-state index in [1.807, 2.05) is 0 Å². The molecule has 0 spiro atoms. The van der Waals surface area contributed by atoms with E-state index in [4.69, 9.17) is 11.2 Å². The van der Waals surface area contributed by atoms with Gasteiger partial charge in [-0.15, -0.1) is 6.42 Å². The minimum Gasteiger partial charge on any atom is -0.435 e. The largest absolute Gasteiger partial charge is 0.435 e. The Labute approximate surface area is 125 Å². The number of rotatable bonds is 2. The lowest BCUT2D eigenvalue weighted by Crippen LogP contribution is -2.45. The van der Waals surface area contributed by atoms with Crippen molar-refractivity contribution in [2.45, 2.75) is 6.42 Å². The fraction of sp³-hybridized carbons (Fsp3) is 0.286. The normalized spacial score (nSPS) is 14.0. The summed E-state index contributed by atoms with van der Waals surface area (Å²) in [5.41, 5.74) is 0.518. The Morgan fingerprint density at radius 3 is 2.55 bits per heavy atom. The minimum absolute atomic E-state index is 0.102. The summed E-state index contributed by atoms with van der Waals surface area (Å²) in [7, 11) is 0. The van der Waals surface area contributed by atoms with Crippen LogP contribution in [0.15, 0.2) is 28.7 Å². The van der Waals surface area contributed by atoms with Crippen molar-refractivity contribution in [3.8, 4) is 12.3 Å². The van der Waals surface area contributed by atoms with Gasteiger partial charge in [0.25, 0.3) is 5.91 Å². The second-order valence-corrected chi connectivity index (χ2v) is 5.09. The molecule has 1 fully saturated rings. The lowest BCUT2D eigenvalue weighted by atomic mass is 10.2. The molecular formula is C14H13BrN2O3. The number of ether oxygens (including phenoxy) is 1. The Morgan fingerprint density at radius 1 is 1.25 bits per heavy atom. The molecular weight excluding hydrogens is 324 g/mol. The van der Waals surface area contributed by atoms with Crippen LogP contribution in [0.2, 0.25) is 0 Å². The van der Waals surface area contributed by atoms with Crippen molar-refractivity contribution in [1.82, 2.24) is 10.0 Å². The number of carbonyl (C=O) groups is 2. The minimum atomic E-state index is -0.592. The number of nitrogens with zero attached hydrogens (tertiary/aromatic N) is 2. The van der Waals surface area contributed by atoms with E-state index >= 15 is 0 Å². The van der Waals surface area contributed by atoms with E-state index in [1.54, 1.807) is 24.3 Å². The summed E-state index contributed by atoms with van der Waals surface area (Å²) in [4.78, 5) is 24.2. The lowest BCUT2D eigenvalue weighted by Gasteiger charge is -2.26. The zero-order valence-corrected chi connectivity index (χ0v) is 12.3. The molecule has 0 unspecified atom stereocenters. The monoisotopic (exact) mass is 336 g/mol. The predicted octanol–water partition coefficient (Wildman–Crippen LogP) is 2.28. The van der Waals surface area contributed by atoms with Gasteiger partial charge in [-0.3, -0.25) is 4.79 Å². The van der Waals surface area contributed by atoms with Crippen molar-refractivity contribution in [1.29, 1.82) is 0 Å². The fourth-order valence-corrected chi connectivity index (χ4v) is 2.20. The van der Waals surface area contributed by atoms with Crippen LogP contribution in [0.3, 0.4) is 0 Å². The summed E-state index contributed by atoms with van der Waals surface area (Å²) < 4.78 is 5.75. The molecule has 0 aliphatic carbocycles. The molecule has 0 atom stereocenters. The molecule has 1 heterocycles. The van der Waals surface area contributed by atoms with E-state index < -0.39 is 6.09 Å². The Balaban J connectivity index is 2.10. The maximum Gasteiger partial charge on any atom is 0.429 e. The predicted molar refractivity (Wildman–Crippen MR) is 76.7 cm³/mol. The molecule has 1 aliphatic rings. The molecule has 0 bridgehead atoms. The van der Waals surface area contributed by atoms with Gasteiger partial charge < -0.3 is 4.74 Å². The maximum atomic E-state index is 12.4. The lowest BCUT2D eigenvalue weighted by molar-refractivity contribution is 0.0165. The van der Waals surface area contributed by atoms with Crippen LogP contribution in [0.5, 0.6) is 0 Å². The molecule has 0 N–H and O–H groups in total. The standard InChI is InChI=1S/C14H13BrN2O3/c1-2-10-20-14(19)17-9-3-8-16(17)13(18)11-4-6-12(15)7-5-11/h1,4-7H,3,8-10H2. The third kappa shape index (κ3) is 3.11. The van der Waals surface area contributed by atoms with Gasteiger partial charge in [-0.1, -0.05) is 21.9 Å². The fourth-order valence-electron chi connectivity index (χ4n) is 1.93. The van der Waals surface area contributed by atoms with Crippen molar-refractivity contribution in [2.24, 2.45) is 0 Å². The first-order valence-corrected chi connectivity index (χ1v) is 6.88. The van der Waals surface area contributed by atoms with Gasteiger partial charge in [-0.2, -0.15) is 0 Å². The van der Waals surface area contributed by atoms with E-state index in [9.17, 15) is 9.59 Å². The number of terminal acetylenes is 1. The van der Waals surface area contributed by atoms with Crippen molar-refractivity contribution in [3.63, 3.8) is 0 Å². The molecule has 1 aromatic carbocycles. The van der Waals surface area contributed by atoms with Gasteiger partial charge in [0, 0.05) is 23.1 Å². The van der Waals surface area contributed by atoms with Crippen LogP contribution in [0.1, 0.15) is 16.8 Å². The summed E-state index contributed by atoms with van der Waals surface area (Å²) in [6.07, 6.45) is 5.17. The van der Waals surface area contributed by atoms with Gasteiger partial charge in [-0.25, -0.2) is 14.8 Å². The Hall–Kier alpha value is -2.00. The molecule has 20 heavy (non-hydrogen) atoms. The molecule has 1 saturated heterocycles. The Morgan fingerprint density at radius 2 is 1.90 bits per heavy atom. The molecule has 2 rings (SSSR count). The van der Waals surface area contributed by atoms with Crippen LogP contribution >= 0.6 is 15.9 Å². The highest BCUT2D eigenvalue weighted by Crippen LogP contribution is 2.18. The number of hydrazine groups is 1. The van der Waals surface area contributed by atoms with Crippen LogP contribution in [0.4, 0.5) is 4.79 Å². The number of halogens is 1. The van der Waals surface area contributed by atoms with Crippen LogP contribution in [-0.4, -0.2) is 41.7 Å². The van der Waals surface area contributed by atoms with E-state index in [0.29, 0.717) is 25.1 Å². The zero-order chi connectivity index (χ0) is 14.5. The number of amides is 2. The zero-order valence-electron chi connectivity index (χ0n) is 10.7. The van der Waals surface area contributed by atoms with E-state index in [2.05, 4.69) is 21.9 Å². The van der Waals surface area contributed by atoms with Crippen molar-refractivity contribution in [2.75, 3.05) is 19.7 Å². The van der Waals surface area contributed by atoms with E-state index in [-0.39, 0.29) is 12.5 Å². The number of carbonyl (C=O) groups excluding carboxylic acids is 2. The molecule has 0 saturated carbocycles. The molecule has 1 aromatic rings. The third-order valence-electron chi connectivity index (χ3n) is 2.85. The SMILES string of the molecule is C#CCOC(=O)N1CCCN1C(=O)c1ccc(Br)cc1. The van der Waals surface area contributed by atoms with Crippen LogP contribution in [0.25, 0.3) is 0 Å². The smallest absolute Gasteiger partial charge is 0.429 e. The van der Waals surface area contributed by atoms with Gasteiger partial charge in [0.1, 0.15) is 0 Å². The average molecular weight is 337 g/mol. The highest BCUT2D eigenvalue weighted by Gasteiger charge is 2.32. The third-order valence-corrected chi connectivity index (χ3v) is 3.38. The van der Waals surface area contributed by atoms with Gasteiger partial charge in [0.15, 0.2) is 6.61 Å². The van der Waals surface area contributed by atoms with Crippen molar-refractivity contribution >= 4 is 27.9 Å². The first-order chi connectivity index (χ1) is 9.63. The number of hydrogen-bond donors (Lipinski definition) is 0. The Kier molecular flexibility index (Phi) is 4.64. The molecule has 2 amide bonds. The first kappa shape index (κ1) is 14.4. The summed E-state index contributed by atoms with van der Waals surface area (Å²) in [6, 6.07) is 6.97. The van der Waals surface area contributed by atoms with E-state index in [1.165, 1.54) is 10.0 Å². The van der Waals surface area contributed by atoms with Gasteiger partial charge in [0.2, 0.25) is 0 Å². The summed E-state index contributed by atoms with van der Waals surface area (Å²) in [5, 5.41) is 2.68. The summed E-state index contributed by atoms with van der Waals surface area (Å²) >= 11 is 3.31. The highest BCUT2D eigenvalue weighted by atomic mass is 79.9. The molecule has 5 nitrogen and oxygen atoms in total. The topological polar surface area (TPSA) is 49.9 Å². The van der Waals surface area contributed by atoms with Crippen LogP contribution in [-0.2, 0) is 4.74 Å². The highest BCUT2D eigenvalue weighted by molar-refractivity contribution is 9.10. The molecule has 104 valence electrons. The summed E-state index contributed by atoms with van der Waals surface area (Å²) in [5.74, 6) is 2.00. The second kappa shape index (κ2) is 6.44. The van der Waals surface area contributed by atoms with Gasteiger partial charge in [-0.05, 0) is 30.7 Å². The van der Waals surface area contributed by atoms with Gasteiger partial charge in [0.05, 0.1) is 0 Å². The number of benzene rings is 1. The molecule has 0 radical (unpaired) electrons. The van der Waals surface area contributed by atoms with Crippen LogP contribution in [0, 0.1) is 12.3 Å². The quantitative estimate of drug-likeness (QED) is 0.778. The maximum absolute atomic E-state index is 12.4. The van der Waals surface area contributed by atoms with Crippen LogP contribution < -0.4 is 0 Å². The number of hydrogen-bond acceptors (Lipinski definition) is 3. The molecule has 0 aromatic heterocycles. The molecule has 6 heteroatoms. The first-order valence-electron chi connectivity index (χ1n) is 6.08. The molecule has 1 aliphatic heterocycles. The van der Waals surface area contributed by atoms with Crippen molar-refractivity contribution < 1.29 is 14.3 Å². The van der Waals surface area contributed by atoms with Gasteiger partial charge >= 0.3 is 6.09 Å². The van der Waals surface area contributed by atoms with Crippen molar-refractivity contribution in [3.05, 3.63) is 34.3 Å². The average Bonchev–Trinajstić information content (AvgIpc) is 2.94.